The lowest BCUT2D eigenvalue weighted by atomic mass is 9.63. The number of carbonyl (C=O) groups is 2. The van der Waals surface area contributed by atoms with Gasteiger partial charge in [0.1, 0.15) is 5.75 Å². The van der Waals surface area contributed by atoms with Crippen molar-refractivity contribution in [2.45, 2.75) is 6.42 Å². The van der Waals surface area contributed by atoms with Gasteiger partial charge in [-0.15, -0.1) is 0 Å². The van der Waals surface area contributed by atoms with Gasteiger partial charge in [-0.2, -0.15) is 0 Å². The quantitative estimate of drug-likeness (QED) is 0.638. The summed E-state index contributed by atoms with van der Waals surface area (Å²) in [7, 11) is 0. The van der Waals surface area contributed by atoms with E-state index in [9.17, 15) is 19.1 Å². The van der Waals surface area contributed by atoms with Gasteiger partial charge in [0.25, 0.3) is 0 Å². The molecule has 2 bridgehead atoms. The molecule has 0 radical (unpaired) electrons. The van der Waals surface area contributed by atoms with E-state index in [1.165, 1.54) is 12.1 Å². The second-order valence-electron chi connectivity index (χ2n) is 6.80. The summed E-state index contributed by atoms with van der Waals surface area (Å²) in [5.41, 5.74) is -0.0460. The Hall–Kier alpha value is -2.17. The number of nitrogens with zero attached hydrogens (tertiary/aromatic N) is 1. The fourth-order valence-corrected chi connectivity index (χ4v) is 4.87. The monoisotopic (exact) mass is 299 g/mol. The number of hydrogen-bond donors (Lipinski definition) is 1. The zero-order valence-corrected chi connectivity index (χ0v) is 11.6. The Balaban J connectivity index is 1.60. The molecule has 1 aliphatic heterocycles. The van der Waals surface area contributed by atoms with E-state index in [1.807, 2.05) is 0 Å². The Morgan fingerprint density at radius 1 is 1.05 bits per heavy atom. The molecule has 112 valence electrons. The fourth-order valence-electron chi connectivity index (χ4n) is 4.87. The van der Waals surface area contributed by atoms with Gasteiger partial charge in [0, 0.05) is 6.07 Å². The maximum atomic E-state index is 14.1. The molecule has 1 aromatic carbocycles. The number of aromatic hydroxyl groups is 1. The summed E-state index contributed by atoms with van der Waals surface area (Å²) in [4.78, 5) is 26.6. The van der Waals surface area contributed by atoms with Crippen LogP contribution in [0.2, 0.25) is 0 Å². The molecular formula is C17H14FNO3. The van der Waals surface area contributed by atoms with Gasteiger partial charge in [-0.05, 0) is 42.2 Å². The van der Waals surface area contributed by atoms with Gasteiger partial charge < -0.3 is 5.11 Å². The third-order valence-corrected chi connectivity index (χ3v) is 5.83. The van der Waals surface area contributed by atoms with Crippen LogP contribution in [0.4, 0.5) is 10.1 Å². The van der Waals surface area contributed by atoms with E-state index in [-0.39, 0.29) is 46.9 Å². The standard InChI is InChI=1S/C17H14FNO3/c18-12-5-7(20)1-4-13(12)19-16(21)14-8-2-3-9(11-6-10(8)11)15(14)17(19)22/h1-5,8-11,14-15,20H,6H2/t8-,9+,10+,11-,14-,15+. The highest BCUT2D eigenvalue weighted by Gasteiger charge is 2.67. The first-order valence-electron chi connectivity index (χ1n) is 7.62. The molecule has 5 heteroatoms. The zero-order chi connectivity index (χ0) is 15.2. The first-order chi connectivity index (χ1) is 10.6. The van der Waals surface area contributed by atoms with Gasteiger partial charge in [-0.1, -0.05) is 12.2 Å². The van der Waals surface area contributed by atoms with Crippen LogP contribution in [-0.2, 0) is 9.59 Å². The van der Waals surface area contributed by atoms with Crippen LogP contribution in [0.3, 0.4) is 0 Å². The highest BCUT2D eigenvalue weighted by Crippen LogP contribution is 2.65. The first-order valence-corrected chi connectivity index (χ1v) is 7.62. The zero-order valence-electron chi connectivity index (χ0n) is 11.6. The molecule has 6 atom stereocenters. The van der Waals surface area contributed by atoms with Crippen molar-refractivity contribution in [3.05, 3.63) is 36.2 Å². The smallest absolute Gasteiger partial charge is 0.238 e. The lowest BCUT2D eigenvalue weighted by Gasteiger charge is -2.37. The van der Waals surface area contributed by atoms with E-state index in [4.69, 9.17) is 0 Å². The molecule has 0 aromatic heterocycles. The molecule has 5 aliphatic rings. The molecule has 1 N–H and O–H groups in total. The van der Waals surface area contributed by atoms with E-state index in [0.29, 0.717) is 11.8 Å². The third kappa shape index (κ3) is 1.32. The normalized spacial score (nSPS) is 40.9. The summed E-state index contributed by atoms with van der Waals surface area (Å²) in [5, 5.41) is 9.31. The maximum absolute atomic E-state index is 14.1. The highest BCUT2D eigenvalue weighted by molar-refractivity contribution is 6.22. The number of benzene rings is 1. The summed E-state index contributed by atoms with van der Waals surface area (Å²) in [6.07, 6.45) is 5.27. The number of anilines is 1. The van der Waals surface area contributed by atoms with Crippen LogP contribution in [0.5, 0.6) is 5.75 Å². The lowest BCUT2D eigenvalue weighted by molar-refractivity contribution is -0.124. The topological polar surface area (TPSA) is 57.6 Å². The molecule has 22 heavy (non-hydrogen) atoms. The average molecular weight is 299 g/mol. The molecule has 0 spiro atoms. The summed E-state index contributed by atoms with van der Waals surface area (Å²) >= 11 is 0. The number of imide groups is 1. The van der Waals surface area contributed by atoms with Crippen LogP contribution in [0.1, 0.15) is 6.42 Å². The number of halogens is 1. The van der Waals surface area contributed by atoms with Gasteiger partial charge in [0.2, 0.25) is 11.8 Å². The molecule has 6 rings (SSSR count). The molecular weight excluding hydrogens is 285 g/mol. The summed E-state index contributed by atoms with van der Waals surface area (Å²) < 4.78 is 14.1. The van der Waals surface area contributed by atoms with Crippen molar-refractivity contribution in [1.29, 1.82) is 0 Å². The Labute approximate surface area is 126 Å². The Bertz CT molecular complexity index is 722. The second kappa shape index (κ2) is 3.77. The number of allylic oxidation sites excluding steroid dienone is 2. The second-order valence-corrected chi connectivity index (χ2v) is 6.80. The van der Waals surface area contributed by atoms with Crippen LogP contribution in [0.15, 0.2) is 30.4 Å². The number of carbonyl (C=O) groups excluding carboxylic acids is 2. The minimum absolute atomic E-state index is 0.0460. The Kier molecular flexibility index (Phi) is 2.12. The maximum Gasteiger partial charge on any atom is 0.238 e. The van der Waals surface area contributed by atoms with Crippen LogP contribution in [0.25, 0.3) is 0 Å². The van der Waals surface area contributed by atoms with Crippen molar-refractivity contribution in [3.63, 3.8) is 0 Å². The summed E-state index contributed by atoms with van der Waals surface area (Å²) in [6, 6.07) is 3.53. The van der Waals surface area contributed by atoms with E-state index in [1.54, 1.807) is 0 Å². The third-order valence-electron chi connectivity index (χ3n) is 5.83. The number of phenolic OH excluding ortho intramolecular Hbond substituents is 1. The van der Waals surface area contributed by atoms with E-state index >= 15 is 0 Å². The van der Waals surface area contributed by atoms with Crippen molar-refractivity contribution in [2.24, 2.45) is 35.5 Å². The minimum atomic E-state index is -0.745. The van der Waals surface area contributed by atoms with Gasteiger partial charge in [0.15, 0.2) is 5.82 Å². The number of amides is 2. The minimum Gasteiger partial charge on any atom is -0.508 e. The number of hydrogen-bond acceptors (Lipinski definition) is 3. The molecule has 3 fully saturated rings. The van der Waals surface area contributed by atoms with Gasteiger partial charge >= 0.3 is 0 Å². The van der Waals surface area contributed by atoms with E-state index in [0.717, 1.165) is 17.4 Å². The van der Waals surface area contributed by atoms with Crippen molar-refractivity contribution < 1.29 is 19.1 Å². The van der Waals surface area contributed by atoms with Gasteiger partial charge in [-0.3, -0.25) is 9.59 Å². The van der Waals surface area contributed by atoms with Crippen molar-refractivity contribution >= 4 is 17.5 Å². The van der Waals surface area contributed by atoms with E-state index in [2.05, 4.69) is 12.2 Å². The van der Waals surface area contributed by atoms with Crippen molar-refractivity contribution in [1.82, 2.24) is 0 Å². The molecule has 4 aliphatic carbocycles. The molecule has 2 saturated carbocycles. The number of rotatable bonds is 1. The molecule has 0 unspecified atom stereocenters. The first kappa shape index (κ1) is 12.4. The largest absolute Gasteiger partial charge is 0.508 e. The molecule has 1 aromatic rings. The molecule has 1 saturated heterocycles. The summed E-state index contributed by atoms with van der Waals surface area (Å²) in [6.45, 7) is 0. The van der Waals surface area contributed by atoms with Crippen molar-refractivity contribution in [2.75, 3.05) is 4.90 Å². The Morgan fingerprint density at radius 3 is 2.18 bits per heavy atom. The van der Waals surface area contributed by atoms with Crippen molar-refractivity contribution in [3.8, 4) is 5.75 Å². The average Bonchev–Trinajstić information content (AvgIpc) is 3.26. The molecule has 4 nitrogen and oxygen atoms in total. The SMILES string of the molecule is O=C1[C@@H]2[C@@H]3C=C[C@@H]([C@H]4C[C@@H]34)[C@@H]2C(=O)N1c1ccc(O)cc1F. The van der Waals surface area contributed by atoms with Crippen LogP contribution >= 0.6 is 0 Å². The van der Waals surface area contributed by atoms with Crippen LogP contribution in [0, 0.1) is 41.3 Å². The summed E-state index contributed by atoms with van der Waals surface area (Å²) in [5.74, 6) is -0.905. The van der Waals surface area contributed by atoms with Crippen LogP contribution < -0.4 is 4.90 Å². The molecule has 1 heterocycles. The fraction of sp³-hybridized carbons (Fsp3) is 0.412. The van der Waals surface area contributed by atoms with Crippen LogP contribution in [-0.4, -0.2) is 16.9 Å². The molecule has 2 amide bonds. The van der Waals surface area contributed by atoms with Gasteiger partial charge in [-0.25, -0.2) is 9.29 Å². The van der Waals surface area contributed by atoms with Gasteiger partial charge in [0.05, 0.1) is 17.5 Å². The predicted octanol–water partition coefficient (Wildman–Crippen LogP) is 2.09. The lowest BCUT2D eigenvalue weighted by Crippen LogP contribution is -2.40. The number of phenols is 1. The predicted molar refractivity (Wildman–Crippen MR) is 75.3 cm³/mol. The highest BCUT2D eigenvalue weighted by atomic mass is 19.1. The van der Waals surface area contributed by atoms with E-state index < -0.39 is 5.82 Å². The Morgan fingerprint density at radius 2 is 1.64 bits per heavy atom.